The molecule has 1 saturated carbocycles. The predicted octanol–water partition coefficient (Wildman–Crippen LogP) is 1.82. The van der Waals surface area contributed by atoms with Gasteiger partial charge in [-0.25, -0.2) is 0 Å². The van der Waals surface area contributed by atoms with Crippen LogP contribution in [0.3, 0.4) is 0 Å². The van der Waals surface area contributed by atoms with Gasteiger partial charge in [-0.2, -0.15) is 5.10 Å². The first-order valence-corrected chi connectivity index (χ1v) is 5.23. The van der Waals surface area contributed by atoms with Crippen LogP contribution in [0.15, 0.2) is 12.3 Å². The normalized spacial score (nSPS) is 20.6. The van der Waals surface area contributed by atoms with E-state index in [0.29, 0.717) is 0 Å². The van der Waals surface area contributed by atoms with Crippen molar-refractivity contribution in [3.8, 4) is 0 Å². The van der Waals surface area contributed by atoms with Gasteiger partial charge in [0.15, 0.2) is 0 Å². The highest BCUT2D eigenvalue weighted by molar-refractivity contribution is 5.67. The first-order chi connectivity index (χ1) is 6.77. The Bertz CT molecular complexity index is 324. The third-order valence-corrected chi connectivity index (χ3v) is 3.20. The second-order valence-electron chi connectivity index (χ2n) is 4.21. The molecule has 0 N–H and O–H groups in total. The molecule has 0 aromatic carbocycles. The standard InChI is InChI=1S/C11H16N2O/c1-13-8-5-10(12-13)11(9-14)6-3-2-4-7-11/h5,8-9H,2-4,6-7H2,1H3. The van der Waals surface area contributed by atoms with Gasteiger partial charge in [0, 0.05) is 13.2 Å². The van der Waals surface area contributed by atoms with E-state index in [4.69, 9.17) is 0 Å². The summed E-state index contributed by atoms with van der Waals surface area (Å²) in [5.41, 5.74) is 0.675. The minimum atomic E-state index is -0.278. The lowest BCUT2D eigenvalue weighted by Crippen LogP contribution is -2.31. The molecule has 0 unspecified atom stereocenters. The highest BCUT2D eigenvalue weighted by Crippen LogP contribution is 2.36. The first-order valence-electron chi connectivity index (χ1n) is 5.23. The number of rotatable bonds is 2. The number of aldehydes is 1. The summed E-state index contributed by atoms with van der Waals surface area (Å²) < 4.78 is 1.77. The van der Waals surface area contributed by atoms with Crippen molar-refractivity contribution in [3.05, 3.63) is 18.0 Å². The van der Waals surface area contributed by atoms with Crippen LogP contribution in [0, 0.1) is 0 Å². The molecule has 14 heavy (non-hydrogen) atoms. The number of nitrogens with zero attached hydrogens (tertiary/aromatic N) is 2. The minimum Gasteiger partial charge on any atom is -0.302 e. The van der Waals surface area contributed by atoms with E-state index in [0.717, 1.165) is 37.7 Å². The van der Waals surface area contributed by atoms with Gasteiger partial charge < -0.3 is 4.79 Å². The molecular weight excluding hydrogens is 176 g/mol. The first kappa shape index (κ1) is 9.44. The van der Waals surface area contributed by atoms with E-state index in [-0.39, 0.29) is 5.41 Å². The summed E-state index contributed by atoms with van der Waals surface area (Å²) in [5.74, 6) is 0. The van der Waals surface area contributed by atoms with E-state index in [1.54, 1.807) is 4.68 Å². The monoisotopic (exact) mass is 192 g/mol. The SMILES string of the molecule is Cn1ccc(C2(C=O)CCCCC2)n1. The molecule has 0 radical (unpaired) electrons. The van der Waals surface area contributed by atoms with Crippen molar-refractivity contribution in [2.24, 2.45) is 7.05 Å². The minimum absolute atomic E-state index is 0.278. The highest BCUT2D eigenvalue weighted by Gasteiger charge is 2.35. The number of hydrogen-bond donors (Lipinski definition) is 0. The quantitative estimate of drug-likeness (QED) is 0.670. The van der Waals surface area contributed by atoms with E-state index in [2.05, 4.69) is 5.10 Å². The van der Waals surface area contributed by atoms with Crippen molar-refractivity contribution in [1.29, 1.82) is 0 Å². The maximum atomic E-state index is 11.2. The lowest BCUT2D eigenvalue weighted by Gasteiger charge is -2.30. The van der Waals surface area contributed by atoms with Gasteiger partial charge in [-0.3, -0.25) is 4.68 Å². The molecule has 1 heterocycles. The van der Waals surface area contributed by atoms with E-state index >= 15 is 0 Å². The Morgan fingerprint density at radius 1 is 1.43 bits per heavy atom. The van der Waals surface area contributed by atoms with Crippen LogP contribution in [0.1, 0.15) is 37.8 Å². The van der Waals surface area contributed by atoms with E-state index < -0.39 is 0 Å². The van der Waals surface area contributed by atoms with Crippen LogP contribution in [0.25, 0.3) is 0 Å². The number of aryl methyl sites for hydroxylation is 1. The van der Waals surface area contributed by atoms with Gasteiger partial charge in [-0.1, -0.05) is 19.3 Å². The smallest absolute Gasteiger partial charge is 0.132 e. The van der Waals surface area contributed by atoms with Crippen molar-refractivity contribution in [3.63, 3.8) is 0 Å². The zero-order valence-corrected chi connectivity index (χ0v) is 8.57. The molecular formula is C11H16N2O. The zero-order chi connectivity index (χ0) is 10.0. The molecule has 0 bridgehead atoms. The van der Waals surface area contributed by atoms with Gasteiger partial charge in [0.1, 0.15) is 6.29 Å². The third-order valence-electron chi connectivity index (χ3n) is 3.20. The molecule has 0 amide bonds. The fraction of sp³-hybridized carbons (Fsp3) is 0.636. The number of hydrogen-bond acceptors (Lipinski definition) is 2. The summed E-state index contributed by atoms with van der Waals surface area (Å²) in [6.07, 6.45) is 8.50. The summed E-state index contributed by atoms with van der Waals surface area (Å²) in [6.45, 7) is 0. The number of aromatic nitrogens is 2. The molecule has 0 atom stereocenters. The number of carbonyl (C=O) groups excluding carboxylic acids is 1. The van der Waals surface area contributed by atoms with Gasteiger partial charge in [0.2, 0.25) is 0 Å². The van der Waals surface area contributed by atoms with Gasteiger partial charge in [-0.05, 0) is 18.9 Å². The summed E-state index contributed by atoms with van der Waals surface area (Å²) in [4.78, 5) is 11.2. The molecule has 2 rings (SSSR count). The lowest BCUT2D eigenvalue weighted by molar-refractivity contribution is -0.113. The summed E-state index contributed by atoms with van der Waals surface area (Å²) in [6, 6.07) is 1.97. The average molecular weight is 192 g/mol. The second-order valence-corrected chi connectivity index (χ2v) is 4.21. The molecule has 0 spiro atoms. The maximum absolute atomic E-state index is 11.2. The van der Waals surface area contributed by atoms with Crippen molar-refractivity contribution in [2.75, 3.05) is 0 Å². The van der Waals surface area contributed by atoms with Gasteiger partial charge in [0.25, 0.3) is 0 Å². The van der Waals surface area contributed by atoms with Crippen molar-refractivity contribution in [1.82, 2.24) is 9.78 Å². The second kappa shape index (κ2) is 3.56. The molecule has 1 fully saturated rings. The van der Waals surface area contributed by atoms with Gasteiger partial charge >= 0.3 is 0 Å². The highest BCUT2D eigenvalue weighted by atomic mass is 16.1. The van der Waals surface area contributed by atoms with Crippen LogP contribution in [-0.2, 0) is 17.3 Å². The van der Waals surface area contributed by atoms with Crippen molar-refractivity contribution in [2.45, 2.75) is 37.5 Å². The Hall–Kier alpha value is -1.12. The zero-order valence-electron chi connectivity index (χ0n) is 8.57. The number of carbonyl (C=O) groups is 1. The maximum Gasteiger partial charge on any atom is 0.132 e. The fourth-order valence-electron chi connectivity index (χ4n) is 2.30. The van der Waals surface area contributed by atoms with Crippen LogP contribution < -0.4 is 0 Å². The molecule has 3 nitrogen and oxygen atoms in total. The Morgan fingerprint density at radius 2 is 2.14 bits per heavy atom. The molecule has 1 aromatic heterocycles. The van der Waals surface area contributed by atoms with Crippen LogP contribution in [0.2, 0.25) is 0 Å². The molecule has 1 aliphatic rings. The topological polar surface area (TPSA) is 34.9 Å². The lowest BCUT2D eigenvalue weighted by atomic mass is 9.73. The van der Waals surface area contributed by atoms with Crippen LogP contribution in [0.5, 0.6) is 0 Å². The van der Waals surface area contributed by atoms with Gasteiger partial charge in [-0.15, -0.1) is 0 Å². The Morgan fingerprint density at radius 3 is 2.64 bits per heavy atom. The third kappa shape index (κ3) is 1.47. The molecule has 3 heteroatoms. The predicted molar refractivity (Wildman–Crippen MR) is 54.0 cm³/mol. The molecule has 0 saturated heterocycles. The molecule has 1 aliphatic carbocycles. The Labute approximate surface area is 84.1 Å². The van der Waals surface area contributed by atoms with Crippen LogP contribution in [0.4, 0.5) is 0 Å². The largest absolute Gasteiger partial charge is 0.302 e. The Kier molecular flexibility index (Phi) is 2.40. The average Bonchev–Trinajstić information content (AvgIpc) is 2.66. The van der Waals surface area contributed by atoms with E-state index in [1.165, 1.54) is 6.42 Å². The van der Waals surface area contributed by atoms with Crippen LogP contribution >= 0.6 is 0 Å². The van der Waals surface area contributed by atoms with Crippen molar-refractivity contribution >= 4 is 6.29 Å². The Balaban J connectivity index is 2.31. The molecule has 1 aromatic rings. The van der Waals surface area contributed by atoms with Crippen LogP contribution in [-0.4, -0.2) is 16.1 Å². The fourth-order valence-corrected chi connectivity index (χ4v) is 2.30. The summed E-state index contributed by atoms with van der Waals surface area (Å²) in [5, 5.41) is 4.36. The summed E-state index contributed by atoms with van der Waals surface area (Å²) in [7, 11) is 1.89. The van der Waals surface area contributed by atoms with Gasteiger partial charge in [0.05, 0.1) is 11.1 Å². The summed E-state index contributed by atoms with van der Waals surface area (Å²) >= 11 is 0. The molecule has 0 aliphatic heterocycles. The van der Waals surface area contributed by atoms with E-state index in [1.807, 2.05) is 19.3 Å². The van der Waals surface area contributed by atoms with Crippen molar-refractivity contribution < 1.29 is 4.79 Å². The van der Waals surface area contributed by atoms with E-state index in [9.17, 15) is 4.79 Å². The molecule has 76 valence electrons.